The van der Waals surface area contributed by atoms with Crippen LogP contribution in [0, 0.1) is 23.1 Å². The normalized spacial score (nSPS) is 26.3. The Morgan fingerprint density at radius 3 is 2.44 bits per heavy atom. The molecule has 2 saturated heterocycles. The highest BCUT2D eigenvalue weighted by molar-refractivity contribution is 6.31. The van der Waals surface area contributed by atoms with Crippen LogP contribution >= 0.6 is 11.6 Å². The summed E-state index contributed by atoms with van der Waals surface area (Å²) in [6.45, 7) is 5.37. The molecule has 3 heterocycles. The molecule has 0 aliphatic carbocycles. The number of imide groups is 1. The van der Waals surface area contributed by atoms with Crippen molar-refractivity contribution in [1.29, 1.82) is 0 Å². The van der Waals surface area contributed by atoms with Crippen molar-refractivity contribution >= 4 is 41.1 Å². The van der Waals surface area contributed by atoms with Crippen LogP contribution in [-0.2, 0) is 14.4 Å². The molecule has 3 aliphatic rings. The molecule has 32 heavy (non-hydrogen) atoms. The zero-order valence-corrected chi connectivity index (χ0v) is 18.5. The molecular weight excluding hydrogens is 433 g/mol. The minimum Gasteiger partial charge on any atom is -0.297 e. The lowest BCUT2D eigenvalue weighted by atomic mass is 9.79. The van der Waals surface area contributed by atoms with E-state index in [1.54, 1.807) is 32.0 Å². The van der Waals surface area contributed by atoms with E-state index in [1.165, 1.54) is 12.1 Å². The van der Waals surface area contributed by atoms with E-state index in [4.69, 9.17) is 11.6 Å². The molecule has 2 aromatic rings. The van der Waals surface area contributed by atoms with Gasteiger partial charge in [0.05, 0.1) is 34.8 Å². The number of carbonyl (C=O) groups is 3. The van der Waals surface area contributed by atoms with E-state index in [9.17, 15) is 18.8 Å². The second kappa shape index (κ2) is 6.97. The van der Waals surface area contributed by atoms with Gasteiger partial charge in [-0.25, -0.2) is 9.29 Å². The molecule has 0 bridgehead atoms. The first-order chi connectivity index (χ1) is 15.1. The molecule has 0 radical (unpaired) electrons. The number of rotatable bonds is 2. The first-order valence-corrected chi connectivity index (χ1v) is 10.8. The number of carbonyl (C=O) groups excluding carboxylic acids is 3. The van der Waals surface area contributed by atoms with Gasteiger partial charge in [0.1, 0.15) is 11.9 Å². The van der Waals surface area contributed by atoms with Crippen molar-refractivity contribution in [2.75, 3.05) is 4.90 Å². The molecule has 164 valence electrons. The fourth-order valence-corrected chi connectivity index (χ4v) is 5.17. The fraction of sp³-hybridized carbons (Fsp3) is 0.333. The summed E-state index contributed by atoms with van der Waals surface area (Å²) in [4.78, 5) is 41.8. The summed E-state index contributed by atoms with van der Waals surface area (Å²) < 4.78 is 13.7. The van der Waals surface area contributed by atoms with E-state index in [0.29, 0.717) is 0 Å². The highest BCUT2D eigenvalue weighted by atomic mass is 35.5. The number of hydrogen-bond acceptors (Lipinski definition) is 5. The predicted molar refractivity (Wildman–Crippen MR) is 118 cm³/mol. The summed E-state index contributed by atoms with van der Waals surface area (Å²) in [5.74, 6) is -3.42. The molecule has 2 amide bonds. The smallest absolute Gasteiger partial charge is 0.240 e. The van der Waals surface area contributed by atoms with Gasteiger partial charge in [-0.1, -0.05) is 56.6 Å². The lowest BCUT2D eigenvalue weighted by Gasteiger charge is -2.35. The Morgan fingerprint density at radius 1 is 1.06 bits per heavy atom. The first-order valence-electron chi connectivity index (χ1n) is 10.4. The number of amides is 2. The summed E-state index contributed by atoms with van der Waals surface area (Å²) in [5.41, 5.74) is 1.15. The number of halogens is 2. The standard InChI is InChI=1S/C24H21ClFN3O3/c1-24(2,3)21(30)20-18-17(19-14-7-5-4-6-12(14)11-27-29(19)20)22(31)28(23(18)32)13-8-9-16(26)15(25)10-13/h4-11,17-20H,1-3H3/t17-,18+,19+,20-/m1/s1. The minimum atomic E-state index is -0.897. The molecule has 4 atom stereocenters. The van der Waals surface area contributed by atoms with Gasteiger partial charge in [0.2, 0.25) is 11.8 Å². The second-order valence-corrected chi connectivity index (χ2v) is 9.83. The van der Waals surface area contributed by atoms with Crippen molar-refractivity contribution in [3.63, 3.8) is 0 Å². The Morgan fingerprint density at radius 2 is 1.75 bits per heavy atom. The van der Waals surface area contributed by atoms with Crippen molar-refractivity contribution in [3.8, 4) is 0 Å². The molecule has 0 saturated carbocycles. The summed E-state index contributed by atoms with van der Waals surface area (Å²) in [6.07, 6.45) is 1.67. The molecule has 6 nitrogen and oxygen atoms in total. The van der Waals surface area contributed by atoms with Crippen LogP contribution in [0.5, 0.6) is 0 Å². The number of hydrazone groups is 1. The summed E-state index contributed by atoms with van der Waals surface area (Å²) >= 11 is 5.92. The van der Waals surface area contributed by atoms with E-state index in [0.717, 1.165) is 22.1 Å². The van der Waals surface area contributed by atoms with Crippen molar-refractivity contribution in [2.24, 2.45) is 22.4 Å². The number of ketones is 1. The van der Waals surface area contributed by atoms with Gasteiger partial charge in [-0.3, -0.25) is 19.4 Å². The Kier molecular flexibility index (Phi) is 4.53. The largest absolute Gasteiger partial charge is 0.297 e. The van der Waals surface area contributed by atoms with Crippen molar-refractivity contribution < 1.29 is 18.8 Å². The molecule has 0 spiro atoms. The number of Topliss-reactive ketones (excluding diaryl/α,β-unsaturated/α-hetero) is 1. The van der Waals surface area contributed by atoms with Gasteiger partial charge in [-0.15, -0.1) is 0 Å². The maximum atomic E-state index is 13.7. The molecule has 0 N–H and O–H groups in total. The van der Waals surface area contributed by atoms with Crippen molar-refractivity contribution in [2.45, 2.75) is 32.9 Å². The van der Waals surface area contributed by atoms with E-state index in [2.05, 4.69) is 5.10 Å². The average Bonchev–Trinajstić information content (AvgIpc) is 3.22. The molecule has 3 aliphatic heterocycles. The summed E-state index contributed by atoms with van der Waals surface area (Å²) in [6, 6.07) is 9.83. The van der Waals surface area contributed by atoms with Crippen LogP contribution < -0.4 is 4.90 Å². The number of benzene rings is 2. The Labute approximate surface area is 189 Å². The van der Waals surface area contributed by atoms with Crippen LogP contribution in [0.2, 0.25) is 5.02 Å². The van der Waals surface area contributed by atoms with Gasteiger partial charge >= 0.3 is 0 Å². The molecule has 8 heteroatoms. The van der Waals surface area contributed by atoms with E-state index in [1.807, 2.05) is 24.3 Å². The highest BCUT2D eigenvalue weighted by Gasteiger charge is 2.66. The van der Waals surface area contributed by atoms with Gasteiger partial charge in [-0.05, 0) is 29.3 Å². The monoisotopic (exact) mass is 453 g/mol. The molecular formula is C24H21ClFN3O3. The zero-order chi connectivity index (χ0) is 22.9. The number of anilines is 1. The van der Waals surface area contributed by atoms with Crippen molar-refractivity contribution in [1.82, 2.24) is 5.01 Å². The molecule has 2 aromatic carbocycles. The lowest BCUT2D eigenvalue weighted by molar-refractivity contribution is -0.136. The van der Waals surface area contributed by atoms with Crippen LogP contribution in [0.4, 0.5) is 10.1 Å². The van der Waals surface area contributed by atoms with Crippen LogP contribution in [0.3, 0.4) is 0 Å². The topological polar surface area (TPSA) is 70.0 Å². The molecule has 5 rings (SSSR count). The van der Waals surface area contributed by atoms with E-state index < -0.39 is 47.0 Å². The van der Waals surface area contributed by atoms with Crippen molar-refractivity contribution in [3.05, 3.63) is 64.4 Å². The van der Waals surface area contributed by atoms with Gasteiger partial charge < -0.3 is 0 Å². The maximum absolute atomic E-state index is 13.7. The third-order valence-corrected chi connectivity index (χ3v) is 6.75. The summed E-state index contributed by atoms with van der Waals surface area (Å²) in [7, 11) is 0. The van der Waals surface area contributed by atoms with E-state index >= 15 is 0 Å². The first kappa shape index (κ1) is 20.8. The quantitative estimate of drug-likeness (QED) is 0.645. The number of hydrogen-bond donors (Lipinski definition) is 0. The minimum absolute atomic E-state index is 0.160. The highest BCUT2D eigenvalue weighted by Crippen LogP contribution is 2.53. The number of nitrogens with zero attached hydrogens (tertiary/aromatic N) is 3. The van der Waals surface area contributed by atoms with Gasteiger partial charge in [-0.2, -0.15) is 5.10 Å². The maximum Gasteiger partial charge on any atom is 0.240 e. The van der Waals surface area contributed by atoms with E-state index in [-0.39, 0.29) is 16.5 Å². The molecule has 0 aromatic heterocycles. The van der Waals surface area contributed by atoms with Gasteiger partial charge in [0.15, 0.2) is 5.78 Å². The fourth-order valence-electron chi connectivity index (χ4n) is 4.99. The Hall–Kier alpha value is -3.06. The Bertz CT molecular complexity index is 1210. The van der Waals surface area contributed by atoms with Crippen LogP contribution in [0.25, 0.3) is 0 Å². The SMILES string of the molecule is CC(C)(C)C(=O)[C@H]1[C@H]2C(=O)N(c3ccc(F)c(Cl)c3)C(=O)[C@H]2[C@@H]2c3ccccc3C=NN12. The second-order valence-electron chi connectivity index (χ2n) is 9.42. The van der Waals surface area contributed by atoms with Crippen LogP contribution in [0.15, 0.2) is 47.6 Å². The predicted octanol–water partition coefficient (Wildman–Crippen LogP) is 3.97. The molecule has 0 unspecified atom stereocenters. The van der Waals surface area contributed by atoms with Crippen LogP contribution in [0.1, 0.15) is 37.9 Å². The average molecular weight is 454 g/mol. The Balaban J connectivity index is 1.67. The van der Waals surface area contributed by atoms with Gasteiger partial charge in [0.25, 0.3) is 0 Å². The number of fused-ring (bicyclic) bond motifs is 5. The lowest BCUT2D eigenvalue weighted by Crippen LogP contribution is -2.48. The zero-order valence-electron chi connectivity index (χ0n) is 17.8. The van der Waals surface area contributed by atoms with Crippen LogP contribution in [-0.4, -0.2) is 34.9 Å². The van der Waals surface area contributed by atoms with Gasteiger partial charge in [0, 0.05) is 5.41 Å². The molecule has 2 fully saturated rings. The summed E-state index contributed by atoms with van der Waals surface area (Å²) in [5, 5.41) is 5.97. The third kappa shape index (κ3) is 2.84. The third-order valence-electron chi connectivity index (χ3n) is 6.46.